The number of benzene rings is 1. The molecule has 0 spiro atoms. The fourth-order valence-electron chi connectivity index (χ4n) is 2.42. The van der Waals surface area contributed by atoms with Crippen molar-refractivity contribution in [1.82, 2.24) is 0 Å². The van der Waals surface area contributed by atoms with E-state index in [0.717, 1.165) is 31.6 Å². The van der Waals surface area contributed by atoms with Crippen LogP contribution >= 0.6 is 0 Å². The molecule has 100 valence electrons. The number of ether oxygens (including phenoxy) is 1. The molecule has 2 unspecified atom stereocenters. The van der Waals surface area contributed by atoms with Crippen molar-refractivity contribution in [3.05, 3.63) is 30.1 Å². The van der Waals surface area contributed by atoms with Gasteiger partial charge in [0.15, 0.2) is 0 Å². The van der Waals surface area contributed by atoms with Crippen LogP contribution in [0.1, 0.15) is 19.8 Å². The van der Waals surface area contributed by atoms with Gasteiger partial charge in [-0.15, -0.1) is 0 Å². The highest BCUT2D eigenvalue weighted by Crippen LogP contribution is 2.22. The quantitative estimate of drug-likeness (QED) is 0.872. The number of nitrogens with two attached hydrogens (primary N) is 1. The van der Waals surface area contributed by atoms with Crippen LogP contribution in [0.25, 0.3) is 0 Å². The summed E-state index contributed by atoms with van der Waals surface area (Å²) in [6.07, 6.45) is 2.47. The molecule has 1 aliphatic rings. The second-order valence-corrected chi connectivity index (χ2v) is 4.71. The van der Waals surface area contributed by atoms with Crippen LogP contribution in [-0.2, 0) is 4.74 Å². The first-order valence-corrected chi connectivity index (χ1v) is 6.59. The average molecular weight is 252 g/mol. The van der Waals surface area contributed by atoms with Crippen molar-refractivity contribution in [1.29, 1.82) is 0 Å². The van der Waals surface area contributed by atoms with Gasteiger partial charge in [0.05, 0.1) is 12.2 Å². The SMILES string of the molecule is CCN(CC1CCC(CN)O1)c1cccc(F)c1. The minimum Gasteiger partial charge on any atom is -0.372 e. The Bertz CT molecular complexity index is 386. The molecule has 1 aliphatic heterocycles. The molecule has 1 aromatic rings. The topological polar surface area (TPSA) is 38.5 Å². The highest BCUT2D eigenvalue weighted by molar-refractivity contribution is 5.46. The summed E-state index contributed by atoms with van der Waals surface area (Å²) in [4.78, 5) is 2.15. The molecule has 0 saturated carbocycles. The van der Waals surface area contributed by atoms with E-state index in [1.165, 1.54) is 6.07 Å². The van der Waals surface area contributed by atoms with E-state index in [2.05, 4.69) is 11.8 Å². The Balaban J connectivity index is 1.97. The number of likely N-dealkylation sites (N-methyl/N-ethyl adjacent to an activating group) is 1. The zero-order chi connectivity index (χ0) is 13.0. The first-order chi connectivity index (χ1) is 8.72. The number of hydrogen-bond acceptors (Lipinski definition) is 3. The standard InChI is InChI=1S/C14H21FN2O/c1-2-17(12-5-3-4-11(15)8-12)10-14-7-6-13(9-16)18-14/h3-5,8,13-14H,2,6-7,9-10,16H2,1H3. The smallest absolute Gasteiger partial charge is 0.125 e. The molecule has 0 aliphatic carbocycles. The van der Waals surface area contributed by atoms with Crippen molar-refractivity contribution >= 4 is 5.69 Å². The van der Waals surface area contributed by atoms with Gasteiger partial charge in [-0.25, -0.2) is 4.39 Å². The molecule has 1 saturated heterocycles. The first kappa shape index (κ1) is 13.3. The van der Waals surface area contributed by atoms with Crippen molar-refractivity contribution in [2.75, 3.05) is 24.5 Å². The van der Waals surface area contributed by atoms with Crippen LogP contribution in [0.5, 0.6) is 0 Å². The average Bonchev–Trinajstić information content (AvgIpc) is 2.83. The van der Waals surface area contributed by atoms with Crippen LogP contribution in [0.2, 0.25) is 0 Å². The lowest BCUT2D eigenvalue weighted by Crippen LogP contribution is -2.33. The summed E-state index contributed by atoms with van der Waals surface area (Å²) in [5.74, 6) is -0.196. The van der Waals surface area contributed by atoms with Gasteiger partial charge >= 0.3 is 0 Å². The van der Waals surface area contributed by atoms with Gasteiger partial charge in [0.2, 0.25) is 0 Å². The predicted octanol–water partition coefficient (Wildman–Crippen LogP) is 2.16. The second-order valence-electron chi connectivity index (χ2n) is 4.71. The van der Waals surface area contributed by atoms with Crippen LogP contribution in [0.4, 0.5) is 10.1 Å². The van der Waals surface area contributed by atoms with E-state index >= 15 is 0 Å². The monoisotopic (exact) mass is 252 g/mol. The maximum Gasteiger partial charge on any atom is 0.125 e. The van der Waals surface area contributed by atoms with Crippen LogP contribution in [-0.4, -0.2) is 31.8 Å². The molecular weight excluding hydrogens is 231 g/mol. The maximum absolute atomic E-state index is 13.2. The van der Waals surface area contributed by atoms with Gasteiger partial charge in [0, 0.05) is 25.3 Å². The summed E-state index contributed by atoms with van der Waals surface area (Å²) in [5, 5.41) is 0. The van der Waals surface area contributed by atoms with E-state index in [0.29, 0.717) is 6.54 Å². The minimum atomic E-state index is -0.196. The summed E-state index contributed by atoms with van der Waals surface area (Å²) < 4.78 is 19.1. The lowest BCUT2D eigenvalue weighted by molar-refractivity contribution is 0.0544. The number of hydrogen-bond donors (Lipinski definition) is 1. The van der Waals surface area contributed by atoms with Crippen LogP contribution in [0.3, 0.4) is 0 Å². The third-order valence-electron chi connectivity index (χ3n) is 3.44. The van der Waals surface area contributed by atoms with Crippen LogP contribution in [0.15, 0.2) is 24.3 Å². The molecule has 0 radical (unpaired) electrons. The summed E-state index contributed by atoms with van der Waals surface area (Å²) in [6.45, 7) is 4.30. The van der Waals surface area contributed by atoms with Crippen molar-refractivity contribution in [2.45, 2.75) is 32.0 Å². The van der Waals surface area contributed by atoms with Crippen LogP contribution < -0.4 is 10.6 Å². The third-order valence-corrected chi connectivity index (χ3v) is 3.44. The number of anilines is 1. The molecular formula is C14H21FN2O. The molecule has 1 fully saturated rings. The van der Waals surface area contributed by atoms with E-state index in [4.69, 9.17) is 10.5 Å². The largest absolute Gasteiger partial charge is 0.372 e. The van der Waals surface area contributed by atoms with Crippen molar-refractivity contribution in [2.24, 2.45) is 5.73 Å². The second kappa shape index (κ2) is 6.16. The summed E-state index contributed by atoms with van der Waals surface area (Å²) in [6, 6.07) is 6.71. The van der Waals surface area contributed by atoms with E-state index in [-0.39, 0.29) is 18.0 Å². The molecule has 0 bridgehead atoms. The van der Waals surface area contributed by atoms with Gasteiger partial charge in [-0.05, 0) is 38.0 Å². The molecule has 1 heterocycles. The fraction of sp³-hybridized carbons (Fsp3) is 0.571. The lowest BCUT2D eigenvalue weighted by atomic mass is 10.2. The van der Waals surface area contributed by atoms with Gasteiger partial charge in [0.25, 0.3) is 0 Å². The van der Waals surface area contributed by atoms with E-state index in [9.17, 15) is 4.39 Å². The van der Waals surface area contributed by atoms with Gasteiger partial charge < -0.3 is 15.4 Å². The zero-order valence-electron chi connectivity index (χ0n) is 10.8. The molecule has 2 atom stereocenters. The highest BCUT2D eigenvalue weighted by atomic mass is 19.1. The minimum absolute atomic E-state index is 0.196. The molecule has 4 heteroatoms. The first-order valence-electron chi connectivity index (χ1n) is 6.59. The van der Waals surface area contributed by atoms with Crippen molar-refractivity contribution < 1.29 is 9.13 Å². The van der Waals surface area contributed by atoms with E-state index in [1.54, 1.807) is 12.1 Å². The van der Waals surface area contributed by atoms with Gasteiger partial charge in [-0.3, -0.25) is 0 Å². The Hall–Kier alpha value is -1.13. The molecule has 18 heavy (non-hydrogen) atoms. The Kier molecular flexibility index (Phi) is 4.55. The van der Waals surface area contributed by atoms with Gasteiger partial charge in [-0.2, -0.15) is 0 Å². The van der Waals surface area contributed by atoms with E-state index < -0.39 is 0 Å². The maximum atomic E-state index is 13.2. The lowest BCUT2D eigenvalue weighted by Gasteiger charge is -2.26. The molecule has 3 nitrogen and oxygen atoms in total. The van der Waals surface area contributed by atoms with Gasteiger partial charge in [-0.1, -0.05) is 6.07 Å². The Morgan fingerprint density at radius 2 is 2.17 bits per heavy atom. The number of halogens is 1. The highest BCUT2D eigenvalue weighted by Gasteiger charge is 2.25. The summed E-state index contributed by atoms with van der Waals surface area (Å²) in [5.41, 5.74) is 6.52. The van der Waals surface area contributed by atoms with Crippen molar-refractivity contribution in [3.8, 4) is 0 Å². The summed E-state index contributed by atoms with van der Waals surface area (Å²) in [7, 11) is 0. The molecule has 1 aromatic carbocycles. The zero-order valence-corrected chi connectivity index (χ0v) is 10.8. The summed E-state index contributed by atoms with van der Waals surface area (Å²) >= 11 is 0. The normalized spacial score (nSPS) is 23.3. The van der Waals surface area contributed by atoms with Gasteiger partial charge in [0.1, 0.15) is 5.82 Å². The number of nitrogens with zero attached hydrogens (tertiary/aromatic N) is 1. The third kappa shape index (κ3) is 3.21. The molecule has 2 N–H and O–H groups in total. The molecule has 0 aromatic heterocycles. The number of rotatable bonds is 5. The Morgan fingerprint density at radius 3 is 2.78 bits per heavy atom. The molecule has 2 rings (SSSR count). The van der Waals surface area contributed by atoms with Crippen molar-refractivity contribution in [3.63, 3.8) is 0 Å². The fourth-order valence-corrected chi connectivity index (χ4v) is 2.42. The van der Waals surface area contributed by atoms with E-state index in [1.807, 2.05) is 6.07 Å². The Morgan fingerprint density at radius 1 is 1.39 bits per heavy atom. The molecule has 0 amide bonds. The van der Waals surface area contributed by atoms with Crippen LogP contribution in [0, 0.1) is 5.82 Å². The Labute approximate surface area is 108 Å². The predicted molar refractivity (Wildman–Crippen MR) is 71.2 cm³/mol.